The maximum absolute atomic E-state index is 11.8. The fourth-order valence-corrected chi connectivity index (χ4v) is 2.22. The van der Waals surface area contributed by atoms with E-state index in [1.807, 2.05) is 6.07 Å². The minimum absolute atomic E-state index is 0.0472. The monoisotopic (exact) mass is 323 g/mol. The number of amides is 1. The van der Waals surface area contributed by atoms with Gasteiger partial charge in [0.1, 0.15) is 17.1 Å². The lowest BCUT2D eigenvalue weighted by atomic mass is 10.1. The van der Waals surface area contributed by atoms with Gasteiger partial charge < -0.3 is 21.5 Å². The molecule has 3 aromatic carbocycles. The Morgan fingerprint density at radius 2 is 1.54 bits per heavy atom. The first-order valence-corrected chi connectivity index (χ1v) is 7.02. The zero-order chi connectivity index (χ0) is 17.3. The summed E-state index contributed by atoms with van der Waals surface area (Å²) in [6.45, 7) is 0. The van der Waals surface area contributed by atoms with Crippen LogP contribution >= 0.6 is 0 Å². The van der Waals surface area contributed by atoms with Crippen molar-refractivity contribution in [2.45, 2.75) is 0 Å². The summed E-state index contributed by atoms with van der Waals surface area (Å²) < 4.78 is 0. The van der Waals surface area contributed by atoms with Crippen LogP contribution in [0.15, 0.2) is 58.1 Å². The molecule has 5 N–H and O–H groups in total. The van der Waals surface area contributed by atoms with E-state index >= 15 is 0 Å². The molecule has 7 heteroatoms. The number of phenols is 1. The molecule has 0 saturated heterocycles. The highest BCUT2D eigenvalue weighted by atomic mass is 16.3. The van der Waals surface area contributed by atoms with Gasteiger partial charge in [-0.1, -0.05) is 18.2 Å². The second kappa shape index (κ2) is 5.88. The molecule has 0 aliphatic rings. The van der Waals surface area contributed by atoms with Crippen molar-refractivity contribution >= 4 is 28.7 Å². The van der Waals surface area contributed by atoms with E-state index in [0.717, 1.165) is 0 Å². The second-order valence-corrected chi connectivity index (χ2v) is 5.12. The van der Waals surface area contributed by atoms with Crippen molar-refractivity contribution in [1.29, 1.82) is 0 Å². The fraction of sp³-hybridized carbons (Fsp3) is 0. The Morgan fingerprint density at radius 1 is 0.917 bits per heavy atom. The second-order valence-electron chi connectivity index (χ2n) is 5.12. The van der Waals surface area contributed by atoms with Crippen LogP contribution in [0.1, 0.15) is 10.4 Å². The summed E-state index contributed by atoms with van der Waals surface area (Å²) in [6.07, 6.45) is 0. The third kappa shape index (κ3) is 2.70. The highest BCUT2D eigenvalue weighted by molar-refractivity contribution is 5.94. The van der Waals surface area contributed by atoms with E-state index in [-0.39, 0.29) is 28.4 Å². The molecule has 0 heterocycles. The summed E-state index contributed by atoms with van der Waals surface area (Å²) in [5.74, 6) is -0.942. The quantitative estimate of drug-likeness (QED) is 0.418. The van der Waals surface area contributed by atoms with Gasteiger partial charge >= 0.3 is 0 Å². The molecular weight excluding hydrogens is 310 g/mol. The normalized spacial score (nSPS) is 10.5. The summed E-state index contributed by atoms with van der Waals surface area (Å²) in [5, 5.41) is 15.5. The van der Waals surface area contributed by atoms with Gasteiger partial charge in [-0.15, -0.1) is 0 Å². The first-order valence-electron chi connectivity index (χ1n) is 7.02. The van der Waals surface area contributed by atoms with E-state index in [4.69, 9.17) is 5.73 Å². The molecule has 0 aliphatic heterocycles. The SMILES string of the molecule is NC(=O)c1ccc(Nc2c(Nc3ccccc3)c(=O)c2=O)c(O)c1. The maximum atomic E-state index is 11.8. The molecule has 0 atom stereocenters. The number of hydrogen-bond donors (Lipinski definition) is 4. The van der Waals surface area contributed by atoms with Crippen LogP contribution in [0.25, 0.3) is 0 Å². The van der Waals surface area contributed by atoms with Crippen LogP contribution in [0.3, 0.4) is 0 Å². The van der Waals surface area contributed by atoms with Gasteiger partial charge in [0.15, 0.2) is 0 Å². The highest BCUT2D eigenvalue weighted by Crippen LogP contribution is 2.30. The summed E-state index contributed by atoms with van der Waals surface area (Å²) in [6, 6.07) is 12.9. The molecule has 0 saturated carbocycles. The van der Waals surface area contributed by atoms with Crippen molar-refractivity contribution in [3.05, 3.63) is 74.5 Å². The number of carbonyl (C=O) groups is 1. The average molecular weight is 323 g/mol. The highest BCUT2D eigenvalue weighted by Gasteiger charge is 2.22. The zero-order valence-electron chi connectivity index (χ0n) is 12.4. The first-order chi connectivity index (χ1) is 11.5. The van der Waals surface area contributed by atoms with Gasteiger partial charge in [0.25, 0.3) is 10.9 Å². The van der Waals surface area contributed by atoms with Crippen LogP contribution in [-0.2, 0) is 0 Å². The van der Waals surface area contributed by atoms with Gasteiger partial charge in [0.05, 0.1) is 5.69 Å². The van der Waals surface area contributed by atoms with Crippen LogP contribution in [0.5, 0.6) is 5.75 Å². The van der Waals surface area contributed by atoms with Crippen LogP contribution in [0.4, 0.5) is 22.7 Å². The minimum atomic E-state index is -0.688. The van der Waals surface area contributed by atoms with Crippen molar-refractivity contribution in [2.24, 2.45) is 5.73 Å². The largest absolute Gasteiger partial charge is 0.506 e. The molecular formula is C17H13N3O4. The molecule has 0 aromatic heterocycles. The van der Waals surface area contributed by atoms with Crippen molar-refractivity contribution in [3.8, 4) is 5.75 Å². The van der Waals surface area contributed by atoms with Crippen LogP contribution < -0.4 is 27.2 Å². The van der Waals surface area contributed by atoms with E-state index < -0.39 is 16.8 Å². The van der Waals surface area contributed by atoms with E-state index in [2.05, 4.69) is 10.6 Å². The molecule has 3 rings (SSSR count). The molecule has 0 fully saturated rings. The average Bonchev–Trinajstić information content (AvgIpc) is 2.59. The molecule has 1 amide bonds. The van der Waals surface area contributed by atoms with Gasteiger partial charge in [-0.2, -0.15) is 0 Å². The van der Waals surface area contributed by atoms with Crippen molar-refractivity contribution in [2.75, 3.05) is 10.6 Å². The van der Waals surface area contributed by atoms with Crippen molar-refractivity contribution < 1.29 is 9.90 Å². The number of nitrogens with one attached hydrogen (secondary N) is 2. The third-order valence-electron chi connectivity index (χ3n) is 3.50. The molecule has 7 nitrogen and oxygen atoms in total. The van der Waals surface area contributed by atoms with E-state index in [9.17, 15) is 19.5 Å². The van der Waals surface area contributed by atoms with E-state index in [0.29, 0.717) is 5.69 Å². The molecule has 3 aromatic rings. The lowest BCUT2D eigenvalue weighted by Crippen LogP contribution is -2.35. The number of rotatable bonds is 5. The molecule has 0 spiro atoms. The summed E-state index contributed by atoms with van der Waals surface area (Å²) >= 11 is 0. The topological polar surface area (TPSA) is 122 Å². The van der Waals surface area contributed by atoms with E-state index in [1.54, 1.807) is 24.3 Å². The maximum Gasteiger partial charge on any atom is 0.253 e. The number of carbonyl (C=O) groups excluding carboxylic acids is 1. The van der Waals surface area contributed by atoms with Crippen LogP contribution in [-0.4, -0.2) is 11.0 Å². The van der Waals surface area contributed by atoms with Crippen molar-refractivity contribution in [3.63, 3.8) is 0 Å². The number of phenolic OH excluding ortho intramolecular Hbond substituents is 1. The van der Waals surface area contributed by atoms with Gasteiger partial charge in [0, 0.05) is 11.3 Å². The molecule has 24 heavy (non-hydrogen) atoms. The number of para-hydroxylation sites is 1. The lowest BCUT2D eigenvalue weighted by Gasteiger charge is -2.15. The summed E-state index contributed by atoms with van der Waals surface area (Å²) in [4.78, 5) is 34.6. The summed E-state index contributed by atoms with van der Waals surface area (Å²) in [5.41, 5.74) is 4.93. The van der Waals surface area contributed by atoms with Gasteiger partial charge in [-0.05, 0) is 30.3 Å². The molecule has 0 bridgehead atoms. The Labute approximate surface area is 136 Å². The number of benzene rings is 2. The third-order valence-corrected chi connectivity index (χ3v) is 3.50. The van der Waals surface area contributed by atoms with E-state index in [1.165, 1.54) is 18.2 Å². The minimum Gasteiger partial charge on any atom is -0.506 e. The first kappa shape index (κ1) is 15.3. The zero-order valence-corrected chi connectivity index (χ0v) is 12.4. The Hall–Kier alpha value is -3.61. The predicted octanol–water partition coefficient (Wildman–Crippen LogP) is 1.57. The number of nitrogens with two attached hydrogens (primary N) is 1. The summed E-state index contributed by atoms with van der Waals surface area (Å²) in [7, 11) is 0. The Balaban J connectivity index is 1.89. The van der Waals surface area contributed by atoms with Crippen LogP contribution in [0, 0.1) is 0 Å². The molecule has 120 valence electrons. The van der Waals surface area contributed by atoms with Crippen LogP contribution in [0.2, 0.25) is 0 Å². The Bertz CT molecular complexity index is 989. The standard InChI is InChI=1S/C17H13N3O4/c18-17(24)9-6-7-11(12(21)8-9)20-14-13(15(22)16(14)23)19-10-4-2-1-3-5-10/h1-8,19-21H,(H2,18,24). The number of primary amides is 1. The van der Waals surface area contributed by atoms with Gasteiger partial charge in [0.2, 0.25) is 5.91 Å². The Kier molecular flexibility index (Phi) is 3.75. The van der Waals surface area contributed by atoms with Crippen molar-refractivity contribution in [1.82, 2.24) is 0 Å². The number of hydrogen-bond acceptors (Lipinski definition) is 6. The number of anilines is 4. The van der Waals surface area contributed by atoms with Gasteiger partial charge in [-0.3, -0.25) is 14.4 Å². The number of aromatic hydroxyl groups is 1. The predicted molar refractivity (Wildman–Crippen MR) is 91.0 cm³/mol. The molecule has 0 radical (unpaired) electrons. The molecule has 0 aliphatic carbocycles. The molecule has 0 unspecified atom stereocenters. The Morgan fingerprint density at radius 3 is 2.12 bits per heavy atom. The smallest absolute Gasteiger partial charge is 0.253 e. The van der Waals surface area contributed by atoms with Gasteiger partial charge in [-0.25, -0.2) is 0 Å². The lowest BCUT2D eigenvalue weighted by molar-refractivity contribution is 0.1000. The fourth-order valence-electron chi connectivity index (χ4n) is 2.22.